The number of amides is 1. The summed E-state index contributed by atoms with van der Waals surface area (Å²) in [6, 6.07) is 6.31. The number of thiazole rings is 1. The third kappa shape index (κ3) is 8.91. The Balaban J connectivity index is 1.99. The van der Waals surface area contributed by atoms with Crippen LogP contribution in [0.1, 0.15) is 56.6 Å². The molecule has 212 valence electrons. The highest BCUT2D eigenvalue weighted by Crippen LogP contribution is 2.41. The van der Waals surface area contributed by atoms with E-state index in [1.165, 1.54) is 36.7 Å². The molecule has 1 amide bonds. The Morgan fingerprint density at radius 3 is 2.49 bits per heavy atom. The minimum absolute atomic E-state index is 0.0435. The first-order chi connectivity index (χ1) is 18.4. The van der Waals surface area contributed by atoms with E-state index < -0.39 is 37.2 Å². The zero-order chi connectivity index (χ0) is 28.6. The first-order valence-electron chi connectivity index (χ1n) is 12.2. The second kappa shape index (κ2) is 13.6. The van der Waals surface area contributed by atoms with E-state index in [1.54, 1.807) is 0 Å². The maximum Gasteiger partial charge on any atom is 0.470 e. The molecular weight excluding hydrogens is 561 g/mol. The number of hydrogen-bond acceptors (Lipinski definition) is 6. The summed E-state index contributed by atoms with van der Waals surface area (Å²) < 4.78 is 72.4. The van der Waals surface area contributed by atoms with E-state index in [0.29, 0.717) is 22.7 Å². The molecule has 39 heavy (non-hydrogen) atoms. The Bertz CT molecular complexity index is 1300. The number of pyridine rings is 1. The summed E-state index contributed by atoms with van der Waals surface area (Å²) in [6.45, 7) is 0.887. The lowest BCUT2D eigenvalue weighted by Crippen LogP contribution is -2.30. The van der Waals surface area contributed by atoms with Crippen molar-refractivity contribution in [3.63, 3.8) is 0 Å². The van der Waals surface area contributed by atoms with Crippen molar-refractivity contribution in [2.75, 3.05) is 11.5 Å². The van der Waals surface area contributed by atoms with E-state index in [1.807, 2.05) is 0 Å². The molecule has 0 spiro atoms. The van der Waals surface area contributed by atoms with Gasteiger partial charge in [0.05, 0.1) is 11.3 Å². The van der Waals surface area contributed by atoms with Crippen LogP contribution in [0.4, 0.5) is 28.4 Å². The van der Waals surface area contributed by atoms with Crippen molar-refractivity contribution in [3.05, 3.63) is 59.0 Å². The molecule has 0 fully saturated rings. The van der Waals surface area contributed by atoms with Gasteiger partial charge in [0.1, 0.15) is 12.3 Å². The molecule has 0 unspecified atom stereocenters. The Kier molecular flexibility index (Phi) is 10.7. The summed E-state index contributed by atoms with van der Waals surface area (Å²) in [6.07, 6.45) is 3.59. The summed E-state index contributed by atoms with van der Waals surface area (Å²) in [5.74, 6) is -1.15. The second-order valence-electron chi connectivity index (χ2n) is 8.71. The predicted molar refractivity (Wildman–Crippen MR) is 139 cm³/mol. The minimum Gasteiger partial charge on any atom is -0.303 e. The molecule has 0 bridgehead atoms. The van der Waals surface area contributed by atoms with Crippen molar-refractivity contribution in [2.24, 2.45) is 0 Å². The highest BCUT2D eigenvalue weighted by atomic mass is 32.1. The number of phosphoric ester groups is 1. The van der Waals surface area contributed by atoms with Gasteiger partial charge in [-0.1, -0.05) is 56.4 Å². The molecule has 2 N–H and O–H groups in total. The van der Waals surface area contributed by atoms with Gasteiger partial charge in [-0.3, -0.25) is 19.2 Å². The molecule has 3 aromatic rings. The molecule has 1 aromatic carbocycles. The number of halogens is 4. The first kappa shape index (κ1) is 30.8. The topological polar surface area (TPSA) is 113 Å². The van der Waals surface area contributed by atoms with Crippen molar-refractivity contribution < 1.29 is 41.2 Å². The lowest BCUT2D eigenvalue weighted by atomic mass is 9.99. The molecule has 0 radical (unpaired) electrons. The molecular formula is C25H28F4N3O5PS. The number of aryl methyl sites for hydroxylation is 1. The van der Waals surface area contributed by atoms with Gasteiger partial charge in [-0.15, -0.1) is 0 Å². The standard InChI is InChI=1S/C25H28F4N3O5PS/c1-2-3-4-5-6-7-9-17-11-12-19(14-20(17)25(27,28)29)32(21(33)16-37-38(34,35)36)24-31-22(23(26)39-24)18-10-8-13-30-15-18/h8,10-15H,2-7,9,16H2,1H3,(H2,34,35,36). The maximum atomic E-state index is 14.8. The molecule has 0 saturated heterocycles. The number of benzene rings is 1. The highest BCUT2D eigenvalue weighted by molar-refractivity contribution is 7.46. The fraction of sp³-hybridized carbons (Fsp3) is 0.400. The Labute approximate surface area is 226 Å². The predicted octanol–water partition coefficient (Wildman–Crippen LogP) is 7.04. The molecule has 14 heteroatoms. The number of carbonyl (C=O) groups is 1. The number of aromatic nitrogens is 2. The van der Waals surface area contributed by atoms with E-state index in [0.717, 1.165) is 38.2 Å². The van der Waals surface area contributed by atoms with Gasteiger partial charge >= 0.3 is 14.0 Å². The van der Waals surface area contributed by atoms with E-state index in [4.69, 9.17) is 9.79 Å². The van der Waals surface area contributed by atoms with Crippen LogP contribution in [0.5, 0.6) is 0 Å². The van der Waals surface area contributed by atoms with Crippen LogP contribution in [0, 0.1) is 5.13 Å². The van der Waals surface area contributed by atoms with Crippen LogP contribution in [0.25, 0.3) is 11.3 Å². The number of phosphoric acid groups is 1. The van der Waals surface area contributed by atoms with Gasteiger partial charge in [0.2, 0.25) is 5.13 Å². The van der Waals surface area contributed by atoms with Gasteiger partial charge in [0.25, 0.3) is 5.91 Å². The highest BCUT2D eigenvalue weighted by Gasteiger charge is 2.35. The van der Waals surface area contributed by atoms with E-state index in [2.05, 4.69) is 21.4 Å². The molecule has 2 heterocycles. The number of alkyl halides is 3. The molecule has 2 aromatic heterocycles. The number of unbranched alkanes of at least 4 members (excludes halogenated alkanes) is 5. The van der Waals surface area contributed by atoms with Crippen LogP contribution in [-0.4, -0.2) is 32.3 Å². The van der Waals surface area contributed by atoms with Crippen molar-refractivity contribution in [3.8, 4) is 11.3 Å². The monoisotopic (exact) mass is 589 g/mol. The van der Waals surface area contributed by atoms with Crippen LogP contribution in [-0.2, 0) is 26.5 Å². The van der Waals surface area contributed by atoms with E-state index in [9.17, 15) is 26.9 Å². The van der Waals surface area contributed by atoms with Crippen LogP contribution in [0.3, 0.4) is 0 Å². The summed E-state index contributed by atoms with van der Waals surface area (Å²) in [5, 5.41) is -1.18. The minimum atomic E-state index is -5.09. The smallest absolute Gasteiger partial charge is 0.303 e. The van der Waals surface area contributed by atoms with E-state index >= 15 is 0 Å². The lowest BCUT2D eigenvalue weighted by molar-refractivity contribution is -0.138. The number of rotatable bonds is 13. The van der Waals surface area contributed by atoms with E-state index in [-0.39, 0.29) is 34.1 Å². The molecule has 0 aliphatic heterocycles. The summed E-state index contributed by atoms with van der Waals surface area (Å²) >= 11 is 0.383. The third-order valence-electron chi connectivity index (χ3n) is 5.76. The zero-order valence-electron chi connectivity index (χ0n) is 21.0. The van der Waals surface area contributed by atoms with Gasteiger partial charge < -0.3 is 9.79 Å². The van der Waals surface area contributed by atoms with Gasteiger partial charge in [-0.05, 0) is 42.7 Å². The number of anilines is 2. The van der Waals surface area contributed by atoms with Crippen molar-refractivity contribution in [1.29, 1.82) is 0 Å². The number of nitrogens with zero attached hydrogens (tertiary/aromatic N) is 3. The number of carbonyl (C=O) groups excluding carboxylic acids is 1. The van der Waals surface area contributed by atoms with Crippen molar-refractivity contribution in [2.45, 2.75) is 58.0 Å². The largest absolute Gasteiger partial charge is 0.470 e. The van der Waals surface area contributed by atoms with Crippen LogP contribution in [0.2, 0.25) is 0 Å². The molecule has 0 atom stereocenters. The SMILES string of the molecule is CCCCCCCCc1ccc(N(C(=O)COP(=O)(O)O)c2nc(-c3cccnc3)c(F)s2)cc1C(F)(F)F. The maximum absolute atomic E-state index is 14.8. The summed E-state index contributed by atoms with van der Waals surface area (Å²) in [5.41, 5.74) is -1.15. The Morgan fingerprint density at radius 2 is 1.85 bits per heavy atom. The second-order valence-corrected chi connectivity index (χ2v) is 10.9. The van der Waals surface area contributed by atoms with Crippen LogP contribution < -0.4 is 4.90 Å². The molecule has 0 aliphatic rings. The lowest BCUT2D eigenvalue weighted by Gasteiger charge is -2.22. The third-order valence-corrected chi connectivity index (χ3v) is 7.06. The summed E-state index contributed by atoms with van der Waals surface area (Å²) in [7, 11) is -5.09. The van der Waals surface area contributed by atoms with Gasteiger partial charge in [0, 0.05) is 18.0 Å². The van der Waals surface area contributed by atoms with Crippen molar-refractivity contribution in [1.82, 2.24) is 9.97 Å². The molecule has 0 saturated carbocycles. The van der Waals surface area contributed by atoms with Gasteiger partial charge in [0.15, 0.2) is 5.13 Å². The Morgan fingerprint density at radius 1 is 1.13 bits per heavy atom. The number of hydrogen-bond donors (Lipinski definition) is 2. The summed E-state index contributed by atoms with van der Waals surface area (Å²) in [4.78, 5) is 39.7. The zero-order valence-corrected chi connectivity index (χ0v) is 22.7. The van der Waals surface area contributed by atoms with Crippen LogP contribution in [0.15, 0.2) is 42.7 Å². The molecule has 0 aliphatic carbocycles. The Hall–Kier alpha value is -2.70. The van der Waals surface area contributed by atoms with Gasteiger partial charge in [-0.25, -0.2) is 9.55 Å². The fourth-order valence-corrected chi connectivity index (χ4v) is 5.05. The first-order valence-corrected chi connectivity index (χ1v) is 14.5. The quantitative estimate of drug-likeness (QED) is 0.125. The normalized spacial score (nSPS) is 12.1. The average Bonchev–Trinajstić information content (AvgIpc) is 3.26. The fourth-order valence-electron chi connectivity index (χ4n) is 3.91. The van der Waals surface area contributed by atoms with Crippen molar-refractivity contribution >= 4 is 35.9 Å². The van der Waals surface area contributed by atoms with Crippen LogP contribution >= 0.6 is 19.2 Å². The van der Waals surface area contributed by atoms with Gasteiger partial charge in [-0.2, -0.15) is 17.6 Å². The molecule has 3 rings (SSSR count). The molecule has 8 nitrogen and oxygen atoms in total. The average molecular weight is 590 g/mol.